The average Bonchev–Trinajstić information content (AvgIpc) is 2.01. The standard InChI is InChI=1S/C9H8F4/c1-2-6-3-7(9(11,12)13)5-8(10)4-6/h3-5H,2H2,1H3. The van der Waals surface area contributed by atoms with Crippen molar-refractivity contribution >= 4 is 0 Å². The molecule has 0 aliphatic carbocycles. The Morgan fingerprint density at radius 2 is 1.77 bits per heavy atom. The molecule has 0 atom stereocenters. The minimum absolute atomic E-state index is 0.354. The molecule has 1 rings (SSSR count). The third-order valence-corrected chi connectivity index (χ3v) is 1.69. The van der Waals surface area contributed by atoms with Crippen molar-refractivity contribution in [3.05, 3.63) is 35.1 Å². The maximum absolute atomic E-state index is 12.6. The number of benzene rings is 1. The summed E-state index contributed by atoms with van der Waals surface area (Å²) < 4.78 is 49.0. The van der Waals surface area contributed by atoms with E-state index in [0.29, 0.717) is 18.1 Å². The third kappa shape index (κ3) is 2.44. The molecule has 13 heavy (non-hydrogen) atoms. The van der Waals surface area contributed by atoms with Gasteiger partial charge in [-0.1, -0.05) is 6.92 Å². The van der Waals surface area contributed by atoms with Gasteiger partial charge < -0.3 is 0 Å². The topological polar surface area (TPSA) is 0 Å². The van der Waals surface area contributed by atoms with E-state index in [9.17, 15) is 17.6 Å². The SMILES string of the molecule is CCc1cc(F)cc(C(F)(F)F)c1. The molecule has 1 aromatic carbocycles. The molecule has 0 bridgehead atoms. The van der Waals surface area contributed by atoms with Gasteiger partial charge >= 0.3 is 6.18 Å². The van der Waals surface area contributed by atoms with Crippen LogP contribution in [-0.4, -0.2) is 0 Å². The van der Waals surface area contributed by atoms with Crippen molar-refractivity contribution in [1.82, 2.24) is 0 Å². The number of rotatable bonds is 1. The summed E-state index contributed by atoms with van der Waals surface area (Å²) in [5.74, 6) is -0.841. The fourth-order valence-corrected chi connectivity index (χ4v) is 1.02. The first-order valence-corrected chi connectivity index (χ1v) is 3.80. The molecule has 0 fully saturated rings. The predicted octanol–water partition coefficient (Wildman–Crippen LogP) is 3.41. The molecule has 0 saturated carbocycles. The highest BCUT2D eigenvalue weighted by atomic mass is 19.4. The molecular weight excluding hydrogens is 184 g/mol. The van der Waals surface area contributed by atoms with Crippen LogP contribution < -0.4 is 0 Å². The van der Waals surface area contributed by atoms with Crippen molar-refractivity contribution in [2.45, 2.75) is 19.5 Å². The van der Waals surface area contributed by atoms with Crippen molar-refractivity contribution in [3.63, 3.8) is 0 Å². The predicted molar refractivity (Wildman–Crippen MR) is 40.8 cm³/mol. The summed E-state index contributed by atoms with van der Waals surface area (Å²) in [7, 11) is 0. The number of hydrogen-bond donors (Lipinski definition) is 0. The second-order valence-corrected chi connectivity index (χ2v) is 2.70. The zero-order valence-electron chi connectivity index (χ0n) is 6.95. The summed E-state index contributed by atoms with van der Waals surface area (Å²) in [5, 5.41) is 0. The van der Waals surface area contributed by atoms with Crippen LogP contribution in [0.25, 0.3) is 0 Å². The smallest absolute Gasteiger partial charge is 0.207 e. The van der Waals surface area contributed by atoms with Gasteiger partial charge in [0.1, 0.15) is 5.82 Å². The normalized spacial score (nSPS) is 11.8. The van der Waals surface area contributed by atoms with Gasteiger partial charge in [-0.05, 0) is 30.2 Å². The molecule has 0 aliphatic rings. The van der Waals surface area contributed by atoms with Gasteiger partial charge in [0.2, 0.25) is 0 Å². The maximum Gasteiger partial charge on any atom is 0.416 e. The molecule has 1 aromatic rings. The minimum Gasteiger partial charge on any atom is -0.207 e. The molecule has 0 amide bonds. The fourth-order valence-electron chi connectivity index (χ4n) is 1.02. The van der Waals surface area contributed by atoms with Gasteiger partial charge in [0.05, 0.1) is 5.56 Å². The highest BCUT2D eigenvalue weighted by molar-refractivity contribution is 5.26. The van der Waals surface area contributed by atoms with E-state index in [1.807, 2.05) is 0 Å². The van der Waals surface area contributed by atoms with E-state index in [0.717, 1.165) is 12.1 Å². The molecule has 0 nitrogen and oxygen atoms in total. The summed E-state index contributed by atoms with van der Waals surface area (Å²) in [4.78, 5) is 0. The van der Waals surface area contributed by atoms with Crippen LogP contribution in [0.4, 0.5) is 17.6 Å². The van der Waals surface area contributed by atoms with Crippen LogP contribution in [0.5, 0.6) is 0 Å². The van der Waals surface area contributed by atoms with Crippen molar-refractivity contribution in [1.29, 1.82) is 0 Å². The molecule has 0 saturated heterocycles. The Hall–Kier alpha value is -1.06. The van der Waals surface area contributed by atoms with Crippen molar-refractivity contribution in [2.75, 3.05) is 0 Å². The summed E-state index contributed by atoms with van der Waals surface area (Å²) >= 11 is 0. The second-order valence-electron chi connectivity index (χ2n) is 2.70. The Bertz CT molecular complexity index is 301. The minimum atomic E-state index is -4.47. The molecule has 0 N–H and O–H groups in total. The summed E-state index contributed by atoms with van der Waals surface area (Å²) in [6.45, 7) is 1.68. The lowest BCUT2D eigenvalue weighted by atomic mass is 10.1. The van der Waals surface area contributed by atoms with E-state index in [1.54, 1.807) is 6.92 Å². The first-order valence-electron chi connectivity index (χ1n) is 3.80. The Morgan fingerprint density at radius 1 is 1.15 bits per heavy atom. The lowest BCUT2D eigenvalue weighted by Gasteiger charge is -2.08. The largest absolute Gasteiger partial charge is 0.416 e. The van der Waals surface area contributed by atoms with E-state index in [2.05, 4.69) is 0 Å². The van der Waals surface area contributed by atoms with Gasteiger partial charge in [-0.15, -0.1) is 0 Å². The molecule has 0 aliphatic heterocycles. The Labute approximate surface area is 73.2 Å². The summed E-state index contributed by atoms with van der Waals surface area (Å²) in [6, 6.07) is 2.57. The van der Waals surface area contributed by atoms with Gasteiger partial charge in [-0.25, -0.2) is 4.39 Å². The fraction of sp³-hybridized carbons (Fsp3) is 0.333. The third-order valence-electron chi connectivity index (χ3n) is 1.69. The molecule has 4 heteroatoms. The lowest BCUT2D eigenvalue weighted by molar-refractivity contribution is -0.137. The Balaban J connectivity index is 3.16. The first-order chi connectivity index (χ1) is 5.93. The van der Waals surface area contributed by atoms with Gasteiger partial charge in [0, 0.05) is 0 Å². The van der Waals surface area contributed by atoms with E-state index in [1.165, 1.54) is 0 Å². The molecule has 0 radical (unpaired) electrons. The highest BCUT2D eigenvalue weighted by Gasteiger charge is 2.31. The molecule has 0 heterocycles. The van der Waals surface area contributed by atoms with E-state index in [-0.39, 0.29) is 0 Å². The number of hydrogen-bond acceptors (Lipinski definition) is 0. The van der Waals surface area contributed by atoms with Crippen LogP contribution in [0.1, 0.15) is 18.1 Å². The molecule has 72 valence electrons. The van der Waals surface area contributed by atoms with Crippen LogP contribution in [0.3, 0.4) is 0 Å². The quantitative estimate of drug-likeness (QED) is 0.598. The lowest BCUT2D eigenvalue weighted by Crippen LogP contribution is -2.06. The highest BCUT2D eigenvalue weighted by Crippen LogP contribution is 2.30. The summed E-state index contributed by atoms with van der Waals surface area (Å²) in [6.07, 6.45) is -4.08. The van der Waals surface area contributed by atoms with Crippen LogP contribution in [-0.2, 0) is 12.6 Å². The van der Waals surface area contributed by atoms with E-state index < -0.39 is 17.6 Å². The van der Waals surface area contributed by atoms with Crippen molar-refractivity contribution in [2.24, 2.45) is 0 Å². The van der Waals surface area contributed by atoms with Crippen LogP contribution in [0.15, 0.2) is 18.2 Å². The van der Waals surface area contributed by atoms with Crippen molar-refractivity contribution in [3.8, 4) is 0 Å². The van der Waals surface area contributed by atoms with Crippen LogP contribution in [0, 0.1) is 5.82 Å². The van der Waals surface area contributed by atoms with Gasteiger partial charge in [-0.2, -0.15) is 13.2 Å². The number of halogens is 4. The van der Waals surface area contributed by atoms with E-state index >= 15 is 0 Å². The zero-order valence-corrected chi connectivity index (χ0v) is 6.95. The van der Waals surface area contributed by atoms with Crippen molar-refractivity contribution < 1.29 is 17.6 Å². The summed E-state index contributed by atoms with van der Waals surface area (Å²) in [5.41, 5.74) is -0.573. The van der Waals surface area contributed by atoms with E-state index in [4.69, 9.17) is 0 Å². The maximum atomic E-state index is 12.6. The zero-order chi connectivity index (χ0) is 10.1. The average molecular weight is 192 g/mol. The van der Waals surface area contributed by atoms with Gasteiger partial charge in [-0.3, -0.25) is 0 Å². The number of alkyl halides is 3. The first kappa shape index (κ1) is 10.0. The Kier molecular flexibility index (Phi) is 2.59. The second kappa shape index (κ2) is 3.36. The molecular formula is C9H8F4. The molecule has 0 aromatic heterocycles. The van der Waals surface area contributed by atoms with Crippen LogP contribution in [0.2, 0.25) is 0 Å². The van der Waals surface area contributed by atoms with Crippen LogP contribution >= 0.6 is 0 Å². The Morgan fingerprint density at radius 3 is 2.23 bits per heavy atom. The van der Waals surface area contributed by atoms with Gasteiger partial charge in [0.15, 0.2) is 0 Å². The molecule has 0 unspecified atom stereocenters. The van der Waals surface area contributed by atoms with Gasteiger partial charge in [0.25, 0.3) is 0 Å². The molecule has 0 spiro atoms. The number of aryl methyl sites for hydroxylation is 1. The monoisotopic (exact) mass is 192 g/mol.